The van der Waals surface area contributed by atoms with E-state index in [-0.39, 0.29) is 35.8 Å². The van der Waals surface area contributed by atoms with E-state index in [1.807, 2.05) is 4.90 Å². The summed E-state index contributed by atoms with van der Waals surface area (Å²) in [6.07, 6.45) is 3.15. The summed E-state index contributed by atoms with van der Waals surface area (Å²) in [5.74, 6) is 0.0439. The highest BCUT2D eigenvalue weighted by molar-refractivity contribution is 6.04. The summed E-state index contributed by atoms with van der Waals surface area (Å²) in [5, 5.41) is 13.5. The van der Waals surface area contributed by atoms with Gasteiger partial charge in [-0.05, 0) is 63.4 Å². The van der Waals surface area contributed by atoms with Gasteiger partial charge in [0.25, 0.3) is 17.5 Å². The zero-order valence-electron chi connectivity index (χ0n) is 17.0. The first-order valence-corrected chi connectivity index (χ1v) is 9.95. The number of hydrogen-bond acceptors (Lipinski definition) is 5. The Morgan fingerprint density at radius 3 is 2.43 bits per heavy atom. The number of nitro groups is 1. The van der Waals surface area contributed by atoms with Crippen LogP contribution >= 0.6 is 0 Å². The minimum atomic E-state index is -0.546. The standard InChI is InChI=1S/C22H25N3O5/c1-15-5-3-6-16(2)24(15)21(26)14-30-20-11-9-18(10-12-20)23-22(27)17-7-4-8-19(13-17)25(28)29/h4,7-13,15-16H,3,5-6,14H2,1-2H3,(H,23,27)/t15-,16+. The molecule has 2 aromatic carbocycles. The van der Waals surface area contributed by atoms with Gasteiger partial charge in [0, 0.05) is 35.5 Å². The number of benzene rings is 2. The second-order valence-corrected chi connectivity index (χ2v) is 7.50. The van der Waals surface area contributed by atoms with Crippen LogP contribution in [0.5, 0.6) is 5.75 Å². The number of ether oxygens (including phenoxy) is 1. The molecule has 0 aliphatic carbocycles. The molecule has 30 heavy (non-hydrogen) atoms. The molecule has 2 aromatic rings. The molecule has 0 radical (unpaired) electrons. The van der Waals surface area contributed by atoms with Gasteiger partial charge in [-0.15, -0.1) is 0 Å². The quantitative estimate of drug-likeness (QED) is 0.571. The van der Waals surface area contributed by atoms with Crippen LogP contribution in [0.25, 0.3) is 0 Å². The van der Waals surface area contributed by atoms with Crippen LogP contribution in [0.15, 0.2) is 48.5 Å². The Bertz CT molecular complexity index is 919. The van der Waals surface area contributed by atoms with E-state index < -0.39 is 10.8 Å². The number of nitrogens with one attached hydrogen (secondary N) is 1. The Labute approximate surface area is 175 Å². The smallest absolute Gasteiger partial charge is 0.270 e. The molecular formula is C22H25N3O5. The maximum atomic E-state index is 12.5. The summed E-state index contributed by atoms with van der Waals surface area (Å²) in [7, 11) is 0. The van der Waals surface area contributed by atoms with Crippen molar-refractivity contribution in [3.05, 3.63) is 64.2 Å². The van der Waals surface area contributed by atoms with Gasteiger partial charge in [0.15, 0.2) is 6.61 Å². The van der Waals surface area contributed by atoms with Crippen molar-refractivity contribution in [1.29, 1.82) is 0 Å². The number of likely N-dealkylation sites (tertiary alicyclic amines) is 1. The monoisotopic (exact) mass is 411 g/mol. The Kier molecular flexibility index (Phi) is 6.66. The average Bonchev–Trinajstić information content (AvgIpc) is 2.73. The third-order valence-electron chi connectivity index (χ3n) is 5.28. The second kappa shape index (κ2) is 9.39. The highest BCUT2D eigenvalue weighted by Crippen LogP contribution is 2.23. The summed E-state index contributed by atoms with van der Waals surface area (Å²) in [5.41, 5.74) is 0.566. The van der Waals surface area contributed by atoms with Crippen molar-refractivity contribution in [2.24, 2.45) is 0 Å². The minimum Gasteiger partial charge on any atom is -0.484 e. The van der Waals surface area contributed by atoms with Crippen molar-refractivity contribution in [2.75, 3.05) is 11.9 Å². The highest BCUT2D eigenvalue weighted by atomic mass is 16.6. The van der Waals surface area contributed by atoms with E-state index in [4.69, 9.17) is 4.74 Å². The molecule has 2 atom stereocenters. The Hall–Kier alpha value is -3.42. The van der Waals surface area contributed by atoms with Crippen LogP contribution in [0, 0.1) is 10.1 Å². The summed E-state index contributed by atoms with van der Waals surface area (Å²) in [6, 6.07) is 12.6. The molecule has 1 saturated heterocycles. The molecular weight excluding hydrogens is 386 g/mol. The number of rotatable bonds is 6. The first-order chi connectivity index (χ1) is 14.3. The molecule has 1 heterocycles. The maximum absolute atomic E-state index is 12.5. The van der Waals surface area contributed by atoms with Crippen molar-refractivity contribution in [1.82, 2.24) is 4.90 Å². The van der Waals surface area contributed by atoms with Gasteiger partial charge in [-0.25, -0.2) is 0 Å². The molecule has 8 heteroatoms. The fraction of sp³-hybridized carbons (Fsp3) is 0.364. The highest BCUT2D eigenvalue weighted by Gasteiger charge is 2.28. The lowest BCUT2D eigenvalue weighted by Crippen LogP contribution is -2.49. The van der Waals surface area contributed by atoms with Crippen molar-refractivity contribution >= 4 is 23.2 Å². The number of carbonyl (C=O) groups excluding carboxylic acids is 2. The zero-order valence-corrected chi connectivity index (χ0v) is 17.0. The van der Waals surface area contributed by atoms with E-state index in [0.717, 1.165) is 19.3 Å². The Balaban J connectivity index is 1.56. The Morgan fingerprint density at radius 1 is 1.13 bits per heavy atom. The largest absolute Gasteiger partial charge is 0.484 e. The molecule has 0 unspecified atom stereocenters. The SMILES string of the molecule is C[C@@H]1CCC[C@H](C)N1C(=O)COc1ccc(NC(=O)c2cccc([N+](=O)[O-])c2)cc1. The van der Waals surface area contributed by atoms with E-state index in [9.17, 15) is 19.7 Å². The van der Waals surface area contributed by atoms with Gasteiger partial charge in [-0.2, -0.15) is 0 Å². The van der Waals surface area contributed by atoms with Gasteiger partial charge >= 0.3 is 0 Å². The molecule has 158 valence electrons. The lowest BCUT2D eigenvalue weighted by atomic mass is 9.97. The summed E-state index contributed by atoms with van der Waals surface area (Å²) in [6.45, 7) is 4.09. The fourth-order valence-corrected chi connectivity index (χ4v) is 3.73. The zero-order chi connectivity index (χ0) is 21.7. The van der Waals surface area contributed by atoms with Crippen LogP contribution in [-0.4, -0.2) is 40.3 Å². The van der Waals surface area contributed by atoms with E-state index in [0.29, 0.717) is 11.4 Å². The molecule has 2 amide bonds. The van der Waals surface area contributed by atoms with Crippen LogP contribution in [0.4, 0.5) is 11.4 Å². The molecule has 1 aliphatic rings. The van der Waals surface area contributed by atoms with E-state index >= 15 is 0 Å². The van der Waals surface area contributed by atoms with Gasteiger partial charge in [0.05, 0.1) is 4.92 Å². The number of non-ortho nitro benzene ring substituents is 1. The molecule has 1 fully saturated rings. The normalized spacial score (nSPS) is 18.5. The van der Waals surface area contributed by atoms with Crippen molar-refractivity contribution in [2.45, 2.75) is 45.2 Å². The van der Waals surface area contributed by atoms with Crippen molar-refractivity contribution in [3.8, 4) is 5.75 Å². The van der Waals surface area contributed by atoms with E-state index in [1.54, 1.807) is 24.3 Å². The number of anilines is 1. The van der Waals surface area contributed by atoms with Crippen LogP contribution in [-0.2, 0) is 4.79 Å². The van der Waals surface area contributed by atoms with Crippen molar-refractivity contribution < 1.29 is 19.2 Å². The molecule has 0 saturated carbocycles. The van der Waals surface area contributed by atoms with Gasteiger partial charge in [0.2, 0.25) is 0 Å². The number of hydrogen-bond donors (Lipinski definition) is 1. The maximum Gasteiger partial charge on any atom is 0.270 e. The molecule has 0 spiro atoms. The average molecular weight is 411 g/mol. The Morgan fingerprint density at radius 2 is 1.80 bits per heavy atom. The van der Waals surface area contributed by atoms with Crippen LogP contribution in [0.2, 0.25) is 0 Å². The summed E-state index contributed by atoms with van der Waals surface area (Å²) >= 11 is 0. The van der Waals surface area contributed by atoms with Gasteiger partial charge in [0.1, 0.15) is 5.75 Å². The molecule has 3 rings (SSSR count). The van der Waals surface area contributed by atoms with E-state index in [1.165, 1.54) is 24.3 Å². The molecule has 0 bridgehead atoms. The number of carbonyl (C=O) groups is 2. The number of piperidine rings is 1. The van der Waals surface area contributed by atoms with Crippen LogP contribution in [0.3, 0.4) is 0 Å². The number of nitrogens with zero attached hydrogens (tertiary/aromatic N) is 2. The lowest BCUT2D eigenvalue weighted by Gasteiger charge is -2.38. The first kappa shape index (κ1) is 21.3. The first-order valence-electron chi connectivity index (χ1n) is 9.95. The van der Waals surface area contributed by atoms with Gasteiger partial charge in [-0.1, -0.05) is 6.07 Å². The third kappa shape index (κ3) is 5.14. The van der Waals surface area contributed by atoms with Gasteiger partial charge in [-0.3, -0.25) is 19.7 Å². The molecule has 1 N–H and O–H groups in total. The number of amides is 2. The lowest BCUT2D eigenvalue weighted by molar-refractivity contribution is -0.384. The van der Waals surface area contributed by atoms with Crippen LogP contribution < -0.4 is 10.1 Å². The van der Waals surface area contributed by atoms with Crippen molar-refractivity contribution in [3.63, 3.8) is 0 Å². The summed E-state index contributed by atoms with van der Waals surface area (Å²) in [4.78, 5) is 37.0. The van der Waals surface area contributed by atoms with Crippen LogP contribution in [0.1, 0.15) is 43.5 Å². The molecule has 8 nitrogen and oxygen atoms in total. The van der Waals surface area contributed by atoms with Gasteiger partial charge < -0.3 is 15.0 Å². The van der Waals surface area contributed by atoms with E-state index in [2.05, 4.69) is 19.2 Å². The fourth-order valence-electron chi connectivity index (χ4n) is 3.73. The predicted molar refractivity (Wildman–Crippen MR) is 113 cm³/mol. The molecule has 1 aliphatic heterocycles. The minimum absolute atomic E-state index is 0.0299. The number of nitro benzene ring substituents is 1. The summed E-state index contributed by atoms with van der Waals surface area (Å²) < 4.78 is 5.63. The topological polar surface area (TPSA) is 102 Å². The third-order valence-corrected chi connectivity index (χ3v) is 5.28. The second-order valence-electron chi connectivity index (χ2n) is 7.50. The predicted octanol–water partition coefficient (Wildman–Crippen LogP) is 4.02. The molecule has 0 aromatic heterocycles.